The first-order valence-corrected chi connectivity index (χ1v) is 5.01. The maximum atomic E-state index is 13.6. The molecular formula is C10H13BrFNO. The minimum atomic E-state index is -0.799. The van der Waals surface area contributed by atoms with E-state index in [1.54, 1.807) is 26.8 Å². The van der Waals surface area contributed by atoms with E-state index in [0.717, 1.165) is 5.56 Å². The number of hydrogen-bond acceptors (Lipinski definition) is 2. The molecule has 0 aliphatic heterocycles. The van der Waals surface area contributed by atoms with E-state index in [-0.39, 0.29) is 5.75 Å². The van der Waals surface area contributed by atoms with Gasteiger partial charge in [-0.05, 0) is 48.3 Å². The Kier molecular flexibility index (Phi) is 2.88. The van der Waals surface area contributed by atoms with Gasteiger partial charge >= 0.3 is 0 Å². The van der Waals surface area contributed by atoms with E-state index in [2.05, 4.69) is 15.9 Å². The second-order valence-corrected chi connectivity index (χ2v) is 4.73. The van der Waals surface area contributed by atoms with Gasteiger partial charge in [0.15, 0.2) is 11.6 Å². The molecule has 0 saturated heterocycles. The van der Waals surface area contributed by atoms with Gasteiger partial charge in [0.1, 0.15) is 0 Å². The van der Waals surface area contributed by atoms with Gasteiger partial charge in [0, 0.05) is 11.1 Å². The van der Waals surface area contributed by atoms with E-state index in [4.69, 9.17) is 5.73 Å². The molecule has 0 atom stereocenters. The molecular weight excluding hydrogens is 249 g/mol. The maximum Gasteiger partial charge on any atom is 0.171 e. The standard InChI is InChI=1S/C10H13BrFNO/c1-5-4-6(10(2,3)13)8(12)9(14)7(5)11/h4,14H,13H2,1-3H3. The molecule has 0 bridgehead atoms. The third kappa shape index (κ3) is 1.91. The molecule has 0 aliphatic rings. The van der Waals surface area contributed by atoms with Gasteiger partial charge in [-0.1, -0.05) is 0 Å². The summed E-state index contributed by atoms with van der Waals surface area (Å²) in [4.78, 5) is 0. The first-order valence-electron chi connectivity index (χ1n) is 4.22. The lowest BCUT2D eigenvalue weighted by Crippen LogP contribution is -2.30. The summed E-state index contributed by atoms with van der Waals surface area (Å²) in [7, 11) is 0. The minimum Gasteiger partial charge on any atom is -0.504 e. The monoisotopic (exact) mass is 261 g/mol. The van der Waals surface area contributed by atoms with Crippen molar-refractivity contribution in [2.45, 2.75) is 26.3 Å². The Balaban J connectivity index is 3.49. The number of nitrogens with two attached hydrogens (primary N) is 1. The summed E-state index contributed by atoms with van der Waals surface area (Å²) < 4.78 is 14.0. The third-order valence-electron chi connectivity index (χ3n) is 2.05. The highest BCUT2D eigenvalue weighted by Crippen LogP contribution is 2.35. The zero-order chi connectivity index (χ0) is 11.1. The summed E-state index contributed by atoms with van der Waals surface area (Å²) in [6, 6.07) is 1.64. The van der Waals surface area contributed by atoms with Crippen molar-refractivity contribution in [1.82, 2.24) is 0 Å². The highest BCUT2D eigenvalue weighted by atomic mass is 79.9. The molecule has 0 spiro atoms. The predicted octanol–water partition coefficient (Wildman–Crippen LogP) is 2.80. The molecule has 14 heavy (non-hydrogen) atoms. The van der Waals surface area contributed by atoms with Crippen LogP contribution in [0, 0.1) is 12.7 Å². The number of phenolic OH excluding ortho intramolecular Hbond substituents is 1. The van der Waals surface area contributed by atoms with Crippen LogP contribution in [0.4, 0.5) is 4.39 Å². The van der Waals surface area contributed by atoms with E-state index < -0.39 is 11.4 Å². The summed E-state index contributed by atoms with van der Waals surface area (Å²) in [5.41, 5.74) is 6.06. The van der Waals surface area contributed by atoms with Crippen LogP contribution in [0.3, 0.4) is 0 Å². The first kappa shape index (κ1) is 11.5. The fourth-order valence-electron chi connectivity index (χ4n) is 1.22. The van der Waals surface area contributed by atoms with Crippen molar-refractivity contribution < 1.29 is 9.50 Å². The fourth-order valence-corrected chi connectivity index (χ4v) is 1.51. The van der Waals surface area contributed by atoms with Crippen molar-refractivity contribution in [1.29, 1.82) is 0 Å². The zero-order valence-electron chi connectivity index (χ0n) is 8.36. The molecule has 4 heteroatoms. The normalized spacial score (nSPS) is 11.9. The Bertz CT molecular complexity index is 371. The number of hydrogen-bond donors (Lipinski definition) is 2. The van der Waals surface area contributed by atoms with Crippen molar-refractivity contribution in [3.05, 3.63) is 27.5 Å². The molecule has 3 N–H and O–H groups in total. The molecule has 0 unspecified atom stereocenters. The summed E-state index contributed by atoms with van der Waals surface area (Å²) in [6.07, 6.45) is 0. The van der Waals surface area contributed by atoms with Gasteiger partial charge in [-0.15, -0.1) is 0 Å². The van der Waals surface area contributed by atoms with Gasteiger partial charge in [-0.25, -0.2) is 4.39 Å². The Labute approximate surface area is 91.1 Å². The molecule has 2 nitrogen and oxygen atoms in total. The van der Waals surface area contributed by atoms with Gasteiger partial charge in [-0.3, -0.25) is 0 Å². The van der Waals surface area contributed by atoms with Crippen molar-refractivity contribution in [3.8, 4) is 5.75 Å². The number of aromatic hydroxyl groups is 1. The number of benzene rings is 1. The lowest BCUT2D eigenvalue weighted by Gasteiger charge is -2.21. The highest BCUT2D eigenvalue weighted by molar-refractivity contribution is 9.10. The van der Waals surface area contributed by atoms with Crippen LogP contribution >= 0.6 is 15.9 Å². The molecule has 0 aliphatic carbocycles. The molecule has 0 saturated carbocycles. The average molecular weight is 262 g/mol. The Morgan fingerprint density at radius 1 is 1.50 bits per heavy atom. The van der Waals surface area contributed by atoms with E-state index in [1.165, 1.54) is 0 Å². The Morgan fingerprint density at radius 3 is 2.43 bits per heavy atom. The zero-order valence-corrected chi connectivity index (χ0v) is 9.94. The lowest BCUT2D eigenvalue weighted by atomic mass is 9.93. The topological polar surface area (TPSA) is 46.2 Å². The molecule has 0 amide bonds. The van der Waals surface area contributed by atoms with E-state index in [1.807, 2.05) is 0 Å². The van der Waals surface area contributed by atoms with Gasteiger partial charge in [0.2, 0.25) is 0 Å². The number of rotatable bonds is 1. The minimum absolute atomic E-state index is 0.315. The van der Waals surface area contributed by atoms with Crippen LogP contribution in [0.5, 0.6) is 5.75 Å². The molecule has 1 aromatic rings. The van der Waals surface area contributed by atoms with Crippen LogP contribution in [0.25, 0.3) is 0 Å². The molecule has 0 fully saturated rings. The highest BCUT2D eigenvalue weighted by Gasteiger charge is 2.23. The van der Waals surface area contributed by atoms with Crippen LogP contribution in [0.1, 0.15) is 25.0 Å². The number of aryl methyl sites for hydroxylation is 1. The molecule has 0 radical (unpaired) electrons. The van der Waals surface area contributed by atoms with Crippen molar-refractivity contribution in [2.75, 3.05) is 0 Å². The Morgan fingerprint density at radius 2 is 2.00 bits per heavy atom. The van der Waals surface area contributed by atoms with Crippen LogP contribution in [0.2, 0.25) is 0 Å². The fraction of sp³-hybridized carbons (Fsp3) is 0.400. The van der Waals surface area contributed by atoms with Crippen molar-refractivity contribution in [2.24, 2.45) is 5.73 Å². The smallest absolute Gasteiger partial charge is 0.171 e. The predicted molar refractivity (Wildman–Crippen MR) is 57.7 cm³/mol. The van der Waals surface area contributed by atoms with Crippen LogP contribution < -0.4 is 5.73 Å². The summed E-state index contributed by atoms with van der Waals surface area (Å²) in [6.45, 7) is 5.16. The van der Waals surface area contributed by atoms with E-state index >= 15 is 0 Å². The number of halogens is 2. The molecule has 78 valence electrons. The summed E-state index contributed by atoms with van der Waals surface area (Å²) in [5, 5.41) is 9.45. The quantitative estimate of drug-likeness (QED) is 0.817. The van der Waals surface area contributed by atoms with Gasteiger partial charge in [0.25, 0.3) is 0 Å². The van der Waals surface area contributed by atoms with E-state index in [0.29, 0.717) is 10.0 Å². The van der Waals surface area contributed by atoms with Gasteiger partial charge < -0.3 is 10.8 Å². The first-order chi connectivity index (χ1) is 6.25. The largest absolute Gasteiger partial charge is 0.504 e. The van der Waals surface area contributed by atoms with Crippen molar-refractivity contribution in [3.63, 3.8) is 0 Å². The van der Waals surface area contributed by atoms with Crippen LogP contribution in [-0.2, 0) is 5.54 Å². The average Bonchev–Trinajstić information content (AvgIpc) is 2.06. The molecule has 1 aromatic carbocycles. The SMILES string of the molecule is Cc1cc(C(C)(C)N)c(F)c(O)c1Br. The second-order valence-electron chi connectivity index (χ2n) is 3.94. The molecule has 0 aromatic heterocycles. The Hall–Kier alpha value is -0.610. The molecule has 0 heterocycles. The van der Waals surface area contributed by atoms with Gasteiger partial charge in [-0.2, -0.15) is 0 Å². The van der Waals surface area contributed by atoms with E-state index in [9.17, 15) is 9.50 Å². The van der Waals surface area contributed by atoms with Crippen LogP contribution in [-0.4, -0.2) is 5.11 Å². The molecule has 1 rings (SSSR count). The third-order valence-corrected chi connectivity index (χ3v) is 3.05. The lowest BCUT2D eigenvalue weighted by molar-refractivity contribution is 0.410. The van der Waals surface area contributed by atoms with Crippen molar-refractivity contribution >= 4 is 15.9 Å². The summed E-state index contributed by atoms with van der Waals surface area (Å²) >= 11 is 3.10. The number of phenols is 1. The summed E-state index contributed by atoms with van der Waals surface area (Å²) in [5.74, 6) is -1.03. The van der Waals surface area contributed by atoms with Crippen LogP contribution in [0.15, 0.2) is 10.5 Å². The van der Waals surface area contributed by atoms with Gasteiger partial charge in [0.05, 0.1) is 4.47 Å². The second kappa shape index (κ2) is 3.51. The maximum absolute atomic E-state index is 13.6.